The molecule has 0 heterocycles. The maximum atomic E-state index is 11.4. The van der Waals surface area contributed by atoms with Crippen LogP contribution in [0.15, 0.2) is 0 Å². The number of amides is 1. The second-order valence-electron chi connectivity index (χ2n) is 4.88. The van der Waals surface area contributed by atoms with E-state index >= 15 is 0 Å². The van der Waals surface area contributed by atoms with Crippen LogP contribution in [0.2, 0.25) is 0 Å². The number of hydrogen-bond acceptors (Lipinski definition) is 3. The quantitative estimate of drug-likeness (QED) is 0.822. The van der Waals surface area contributed by atoms with Gasteiger partial charge < -0.3 is 0 Å². The number of nitrogens with one attached hydrogen (secondary N) is 1. The van der Waals surface area contributed by atoms with Crippen LogP contribution in [0.4, 0.5) is 0 Å². The summed E-state index contributed by atoms with van der Waals surface area (Å²) < 4.78 is 23.8. The van der Waals surface area contributed by atoms with Gasteiger partial charge in [-0.1, -0.05) is 39.0 Å². The zero-order valence-electron chi connectivity index (χ0n) is 10.0. The molecule has 0 saturated heterocycles. The molecule has 1 saturated carbocycles. The summed E-state index contributed by atoms with van der Waals surface area (Å²) in [4.78, 5) is 11.4. The van der Waals surface area contributed by atoms with Gasteiger partial charge in [0.2, 0.25) is 15.9 Å². The first-order valence-electron chi connectivity index (χ1n) is 5.89. The van der Waals surface area contributed by atoms with Crippen molar-refractivity contribution in [1.29, 1.82) is 0 Å². The molecule has 16 heavy (non-hydrogen) atoms. The van der Waals surface area contributed by atoms with E-state index in [-0.39, 0.29) is 11.8 Å². The van der Waals surface area contributed by atoms with E-state index in [1.165, 1.54) is 32.1 Å². The first-order chi connectivity index (χ1) is 7.38. The molecule has 4 nitrogen and oxygen atoms in total. The summed E-state index contributed by atoms with van der Waals surface area (Å²) in [5.41, 5.74) is 0. The monoisotopic (exact) mass is 247 g/mol. The van der Waals surface area contributed by atoms with Crippen LogP contribution < -0.4 is 4.72 Å². The Balaban J connectivity index is 2.38. The van der Waals surface area contributed by atoms with Gasteiger partial charge in [0, 0.05) is 6.42 Å². The summed E-state index contributed by atoms with van der Waals surface area (Å²) in [6, 6.07) is 0. The fraction of sp³-hybridized carbons (Fsp3) is 0.909. The number of sulfonamides is 1. The minimum absolute atomic E-state index is 0.280. The van der Waals surface area contributed by atoms with Crippen LogP contribution in [0.5, 0.6) is 0 Å². The Morgan fingerprint density at radius 1 is 1.31 bits per heavy atom. The maximum absolute atomic E-state index is 11.4. The second-order valence-corrected chi connectivity index (χ2v) is 6.63. The van der Waals surface area contributed by atoms with Gasteiger partial charge in [-0.2, -0.15) is 0 Å². The lowest BCUT2D eigenvalue weighted by Gasteiger charge is -2.27. The van der Waals surface area contributed by atoms with Crippen molar-refractivity contribution in [2.75, 3.05) is 6.26 Å². The molecule has 0 radical (unpaired) electrons. The molecule has 0 spiro atoms. The normalized spacial score (nSPS) is 20.4. The summed E-state index contributed by atoms with van der Waals surface area (Å²) in [5, 5.41) is 0. The Morgan fingerprint density at radius 2 is 1.88 bits per heavy atom. The number of carbonyl (C=O) groups excluding carboxylic acids is 1. The van der Waals surface area contributed by atoms with Crippen molar-refractivity contribution in [3.8, 4) is 0 Å². The van der Waals surface area contributed by atoms with Crippen molar-refractivity contribution in [2.45, 2.75) is 45.4 Å². The van der Waals surface area contributed by atoms with E-state index in [4.69, 9.17) is 0 Å². The third kappa shape index (κ3) is 4.96. The van der Waals surface area contributed by atoms with Gasteiger partial charge in [0.1, 0.15) is 0 Å². The topological polar surface area (TPSA) is 63.2 Å². The SMILES string of the molecule is CC(CC(=O)NS(C)(=O)=O)C1CCCCC1. The standard InChI is InChI=1S/C11H21NO3S/c1-9(10-6-4-3-5-7-10)8-11(13)12-16(2,14)15/h9-10H,3-8H2,1-2H3,(H,12,13). The molecule has 0 aromatic rings. The van der Waals surface area contributed by atoms with E-state index in [9.17, 15) is 13.2 Å². The van der Waals surface area contributed by atoms with Gasteiger partial charge in [-0.05, 0) is 11.8 Å². The molecule has 94 valence electrons. The molecular formula is C11H21NO3S. The average molecular weight is 247 g/mol. The molecule has 1 aliphatic rings. The fourth-order valence-corrected chi connectivity index (χ4v) is 2.91. The smallest absolute Gasteiger partial charge is 0.233 e. The molecule has 1 amide bonds. The van der Waals surface area contributed by atoms with E-state index in [0.717, 1.165) is 6.26 Å². The lowest BCUT2D eigenvalue weighted by Crippen LogP contribution is -2.32. The van der Waals surface area contributed by atoms with Crippen molar-refractivity contribution in [3.05, 3.63) is 0 Å². The maximum Gasteiger partial charge on any atom is 0.233 e. The van der Waals surface area contributed by atoms with Crippen molar-refractivity contribution in [2.24, 2.45) is 11.8 Å². The highest BCUT2D eigenvalue weighted by atomic mass is 32.2. The van der Waals surface area contributed by atoms with Gasteiger partial charge in [0.15, 0.2) is 0 Å². The molecule has 1 aliphatic carbocycles. The van der Waals surface area contributed by atoms with Crippen molar-refractivity contribution >= 4 is 15.9 Å². The molecule has 0 bridgehead atoms. The first-order valence-corrected chi connectivity index (χ1v) is 7.78. The van der Waals surface area contributed by atoms with Crippen LogP contribution in [0.3, 0.4) is 0 Å². The molecule has 5 heteroatoms. The zero-order chi connectivity index (χ0) is 12.2. The van der Waals surface area contributed by atoms with Crippen molar-refractivity contribution in [3.63, 3.8) is 0 Å². The molecule has 1 unspecified atom stereocenters. The summed E-state index contributed by atoms with van der Waals surface area (Å²) in [7, 11) is -3.40. The second kappa shape index (κ2) is 5.66. The highest BCUT2D eigenvalue weighted by molar-refractivity contribution is 7.89. The van der Waals surface area contributed by atoms with Crippen LogP contribution >= 0.6 is 0 Å². The molecular weight excluding hydrogens is 226 g/mol. The van der Waals surface area contributed by atoms with Gasteiger partial charge in [-0.15, -0.1) is 0 Å². The number of carbonyl (C=O) groups is 1. The first kappa shape index (κ1) is 13.5. The molecule has 1 fully saturated rings. The number of rotatable bonds is 4. The minimum atomic E-state index is -3.40. The zero-order valence-corrected chi connectivity index (χ0v) is 10.8. The van der Waals surface area contributed by atoms with Crippen LogP contribution in [0.1, 0.15) is 45.4 Å². The lowest BCUT2D eigenvalue weighted by molar-refractivity contribution is -0.120. The highest BCUT2D eigenvalue weighted by Crippen LogP contribution is 2.31. The Morgan fingerprint density at radius 3 is 2.38 bits per heavy atom. The predicted molar refractivity (Wildman–Crippen MR) is 63.3 cm³/mol. The van der Waals surface area contributed by atoms with Gasteiger partial charge in [0.25, 0.3) is 0 Å². The summed E-state index contributed by atoms with van der Waals surface area (Å²) >= 11 is 0. The van der Waals surface area contributed by atoms with E-state index < -0.39 is 10.0 Å². The Hall–Kier alpha value is -0.580. The van der Waals surface area contributed by atoms with Gasteiger partial charge in [0.05, 0.1) is 6.26 Å². The van der Waals surface area contributed by atoms with Crippen molar-refractivity contribution < 1.29 is 13.2 Å². The average Bonchev–Trinajstić information content (AvgIpc) is 2.16. The van der Waals surface area contributed by atoms with Crippen LogP contribution in [0.25, 0.3) is 0 Å². The van der Waals surface area contributed by atoms with E-state index in [1.54, 1.807) is 0 Å². The Kier molecular flexibility index (Phi) is 4.77. The molecule has 0 aromatic heterocycles. The molecule has 1 rings (SSSR count). The highest BCUT2D eigenvalue weighted by Gasteiger charge is 2.22. The third-order valence-corrected chi connectivity index (χ3v) is 3.86. The molecule has 0 aliphatic heterocycles. The van der Waals surface area contributed by atoms with E-state index in [2.05, 4.69) is 0 Å². The summed E-state index contributed by atoms with van der Waals surface area (Å²) in [5.74, 6) is 0.488. The van der Waals surface area contributed by atoms with Crippen molar-refractivity contribution in [1.82, 2.24) is 4.72 Å². The van der Waals surface area contributed by atoms with Gasteiger partial charge >= 0.3 is 0 Å². The third-order valence-electron chi connectivity index (χ3n) is 3.26. The van der Waals surface area contributed by atoms with Crippen LogP contribution in [-0.2, 0) is 14.8 Å². The molecule has 1 N–H and O–H groups in total. The van der Waals surface area contributed by atoms with Crippen LogP contribution in [0, 0.1) is 11.8 Å². The largest absolute Gasteiger partial charge is 0.274 e. The molecule has 1 atom stereocenters. The number of hydrogen-bond donors (Lipinski definition) is 1. The van der Waals surface area contributed by atoms with E-state index in [0.29, 0.717) is 12.3 Å². The predicted octanol–water partition coefficient (Wildman–Crippen LogP) is 1.67. The summed E-state index contributed by atoms with van der Waals surface area (Å²) in [6.07, 6.45) is 7.44. The molecule has 0 aromatic carbocycles. The summed E-state index contributed by atoms with van der Waals surface area (Å²) in [6.45, 7) is 2.04. The van der Waals surface area contributed by atoms with E-state index in [1.807, 2.05) is 11.6 Å². The van der Waals surface area contributed by atoms with Gasteiger partial charge in [-0.3, -0.25) is 9.52 Å². The Labute approximate surface area is 97.9 Å². The fourth-order valence-electron chi connectivity index (χ4n) is 2.41. The lowest BCUT2D eigenvalue weighted by atomic mass is 9.79. The van der Waals surface area contributed by atoms with Gasteiger partial charge in [-0.25, -0.2) is 8.42 Å². The minimum Gasteiger partial charge on any atom is -0.274 e. The van der Waals surface area contributed by atoms with Crippen LogP contribution in [-0.4, -0.2) is 20.6 Å². The Bertz CT molecular complexity index is 331.